The van der Waals surface area contributed by atoms with E-state index in [1.807, 2.05) is 33.0 Å². The van der Waals surface area contributed by atoms with Gasteiger partial charge in [-0.2, -0.15) is 5.10 Å². The van der Waals surface area contributed by atoms with Crippen LogP contribution >= 0.6 is 11.3 Å². The molecule has 2 heterocycles. The Bertz CT molecular complexity index is 1160. The van der Waals surface area contributed by atoms with Crippen LogP contribution in [-0.4, -0.2) is 29.3 Å². The Labute approximate surface area is 173 Å². The summed E-state index contributed by atoms with van der Waals surface area (Å²) in [5.74, 6) is 0. The summed E-state index contributed by atoms with van der Waals surface area (Å²) >= 11 is 0.988. The average molecular weight is 435 g/mol. The summed E-state index contributed by atoms with van der Waals surface area (Å²) in [6.07, 6.45) is 2.56. The topological polar surface area (TPSA) is 117 Å². The fourth-order valence-electron chi connectivity index (χ4n) is 2.72. The van der Waals surface area contributed by atoms with Crippen LogP contribution in [0.25, 0.3) is 11.1 Å². The van der Waals surface area contributed by atoms with E-state index in [-0.39, 0.29) is 15.7 Å². The first kappa shape index (κ1) is 21.0. The first-order valence-electron chi connectivity index (χ1n) is 8.75. The van der Waals surface area contributed by atoms with Gasteiger partial charge >= 0.3 is 6.09 Å². The Balaban J connectivity index is 2.08. The second-order valence-corrected chi connectivity index (χ2v) is 10.8. The van der Waals surface area contributed by atoms with Crippen LogP contribution < -0.4 is 5.73 Å². The number of ether oxygens (including phenoxy) is 1. The lowest BCUT2D eigenvalue weighted by atomic mass is 9.93. The molecule has 0 spiro atoms. The van der Waals surface area contributed by atoms with Crippen LogP contribution in [0.3, 0.4) is 0 Å². The number of aromatic nitrogens is 3. The third-order valence-corrected chi connectivity index (χ3v) is 7.40. The van der Waals surface area contributed by atoms with Gasteiger partial charge in [0.25, 0.3) is 0 Å². The number of thiazole rings is 1. The summed E-state index contributed by atoms with van der Waals surface area (Å²) in [6, 6.07) is 6.71. The SMILES string of the molecule is Cn1cc(-c2cccc(S(=O)(=O)c3sc(COC(N)=O)nc3C(C)(C)C)c2)cn1. The molecular formula is C19H22N4O4S2. The zero-order valence-corrected chi connectivity index (χ0v) is 18.2. The van der Waals surface area contributed by atoms with Crippen LogP contribution in [0.15, 0.2) is 45.8 Å². The molecule has 1 aromatic carbocycles. The second kappa shape index (κ2) is 7.60. The smallest absolute Gasteiger partial charge is 0.404 e. The number of rotatable bonds is 5. The van der Waals surface area contributed by atoms with Gasteiger partial charge in [0.15, 0.2) is 0 Å². The van der Waals surface area contributed by atoms with Gasteiger partial charge in [-0.3, -0.25) is 4.68 Å². The molecule has 8 nitrogen and oxygen atoms in total. The van der Waals surface area contributed by atoms with Crippen molar-refractivity contribution < 1.29 is 17.9 Å². The highest BCUT2D eigenvalue weighted by Crippen LogP contribution is 2.37. The average Bonchev–Trinajstić information content (AvgIpc) is 3.26. The first-order valence-corrected chi connectivity index (χ1v) is 11.0. The second-order valence-electron chi connectivity index (χ2n) is 7.54. The van der Waals surface area contributed by atoms with Gasteiger partial charge in [-0.05, 0) is 17.7 Å². The molecule has 1 amide bonds. The summed E-state index contributed by atoms with van der Waals surface area (Å²) in [6.45, 7) is 5.47. The van der Waals surface area contributed by atoms with E-state index in [1.165, 1.54) is 0 Å². The third-order valence-electron chi connectivity index (χ3n) is 4.12. The molecule has 0 bridgehead atoms. The molecule has 0 aliphatic carbocycles. The van der Waals surface area contributed by atoms with Crippen LogP contribution in [0, 0.1) is 0 Å². The quantitative estimate of drug-likeness (QED) is 0.659. The normalized spacial score (nSPS) is 12.1. The minimum absolute atomic E-state index is 0.136. The summed E-state index contributed by atoms with van der Waals surface area (Å²) < 4.78 is 33.5. The van der Waals surface area contributed by atoms with Crippen LogP contribution in [0.4, 0.5) is 4.79 Å². The number of aryl methyl sites for hydroxylation is 1. The molecule has 0 fully saturated rings. The Morgan fingerprint density at radius 3 is 2.59 bits per heavy atom. The number of carbonyl (C=O) groups is 1. The Morgan fingerprint density at radius 1 is 1.28 bits per heavy atom. The van der Waals surface area contributed by atoms with Crippen LogP contribution in [0.5, 0.6) is 0 Å². The summed E-state index contributed by atoms with van der Waals surface area (Å²) in [5, 5.41) is 4.51. The Morgan fingerprint density at radius 2 is 2.00 bits per heavy atom. The van der Waals surface area contributed by atoms with Crippen LogP contribution in [-0.2, 0) is 33.6 Å². The highest BCUT2D eigenvalue weighted by Gasteiger charge is 2.32. The van der Waals surface area contributed by atoms with E-state index in [4.69, 9.17) is 10.5 Å². The number of amides is 1. The van der Waals surface area contributed by atoms with E-state index >= 15 is 0 Å². The summed E-state index contributed by atoms with van der Waals surface area (Å²) in [7, 11) is -2.04. The Hall–Kier alpha value is -2.72. The Kier molecular flexibility index (Phi) is 5.50. The molecule has 0 unspecified atom stereocenters. The van der Waals surface area contributed by atoms with Gasteiger partial charge < -0.3 is 10.5 Å². The number of carbonyl (C=O) groups excluding carboxylic acids is 1. The number of benzene rings is 1. The molecule has 0 radical (unpaired) electrons. The number of nitrogens with two attached hydrogens (primary N) is 1. The monoisotopic (exact) mass is 434 g/mol. The predicted molar refractivity (Wildman–Crippen MR) is 109 cm³/mol. The minimum Gasteiger partial charge on any atom is -0.442 e. The number of nitrogens with zero attached hydrogens (tertiary/aromatic N) is 3. The molecule has 0 aliphatic heterocycles. The highest BCUT2D eigenvalue weighted by atomic mass is 32.2. The van der Waals surface area contributed by atoms with Crippen molar-refractivity contribution in [3.63, 3.8) is 0 Å². The largest absolute Gasteiger partial charge is 0.442 e. The maximum Gasteiger partial charge on any atom is 0.404 e. The van der Waals surface area contributed by atoms with Crippen molar-refractivity contribution >= 4 is 27.3 Å². The standard InChI is InChI=1S/C19H22N4O4S2/c1-19(2,3)16-17(28-15(22-16)11-27-18(20)24)29(25,26)14-7-5-6-12(8-14)13-9-21-23(4)10-13/h5-10H,11H2,1-4H3,(H2,20,24). The van der Waals surface area contributed by atoms with Crippen molar-refractivity contribution in [1.82, 2.24) is 14.8 Å². The van der Waals surface area contributed by atoms with Gasteiger partial charge in [-0.1, -0.05) is 32.9 Å². The first-order chi connectivity index (χ1) is 13.5. The summed E-state index contributed by atoms with van der Waals surface area (Å²) in [5.41, 5.74) is 6.49. The lowest BCUT2D eigenvalue weighted by molar-refractivity contribution is 0.150. The molecule has 2 N–H and O–H groups in total. The molecule has 0 saturated carbocycles. The number of sulfone groups is 1. The predicted octanol–water partition coefficient (Wildman–Crippen LogP) is 3.27. The van der Waals surface area contributed by atoms with Gasteiger partial charge in [-0.25, -0.2) is 18.2 Å². The molecular weight excluding hydrogens is 412 g/mol. The summed E-state index contributed by atoms with van der Waals surface area (Å²) in [4.78, 5) is 15.5. The molecule has 2 aromatic heterocycles. The molecule has 154 valence electrons. The highest BCUT2D eigenvalue weighted by molar-refractivity contribution is 7.93. The fraction of sp³-hybridized carbons (Fsp3) is 0.316. The van der Waals surface area contributed by atoms with Gasteiger partial charge in [0.2, 0.25) is 9.84 Å². The van der Waals surface area contributed by atoms with Crippen LogP contribution in [0.1, 0.15) is 31.5 Å². The number of primary amides is 1. The van der Waals surface area contributed by atoms with E-state index in [9.17, 15) is 13.2 Å². The van der Waals surface area contributed by atoms with E-state index in [1.54, 1.807) is 36.1 Å². The van der Waals surface area contributed by atoms with E-state index in [0.717, 1.165) is 22.5 Å². The zero-order chi connectivity index (χ0) is 21.4. The van der Waals surface area contributed by atoms with Crippen molar-refractivity contribution in [1.29, 1.82) is 0 Å². The number of hydrogen-bond acceptors (Lipinski definition) is 7. The fourth-order valence-corrected chi connectivity index (χ4v) is 6.01. The van der Waals surface area contributed by atoms with Gasteiger partial charge in [0.1, 0.15) is 15.8 Å². The zero-order valence-electron chi connectivity index (χ0n) is 16.5. The van der Waals surface area contributed by atoms with Crippen molar-refractivity contribution in [2.45, 2.75) is 41.9 Å². The molecule has 3 rings (SSSR count). The lowest BCUT2D eigenvalue weighted by Crippen LogP contribution is -2.17. The lowest BCUT2D eigenvalue weighted by Gasteiger charge is -2.17. The van der Waals surface area contributed by atoms with Crippen molar-refractivity contribution in [2.75, 3.05) is 0 Å². The van der Waals surface area contributed by atoms with Crippen molar-refractivity contribution in [3.8, 4) is 11.1 Å². The van der Waals surface area contributed by atoms with E-state index < -0.39 is 21.3 Å². The van der Waals surface area contributed by atoms with Gasteiger partial charge in [-0.15, -0.1) is 11.3 Å². The van der Waals surface area contributed by atoms with Crippen LogP contribution in [0.2, 0.25) is 0 Å². The van der Waals surface area contributed by atoms with E-state index in [0.29, 0.717) is 10.7 Å². The van der Waals surface area contributed by atoms with Crippen molar-refractivity contribution in [2.24, 2.45) is 12.8 Å². The van der Waals surface area contributed by atoms with Gasteiger partial charge in [0, 0.05) is 24.2 Å². The maximum absolute atomic E-state index is 13.5. The molecule has 3 aromatic rings. The molecule has 0 aliphatic rings. The molecule has 0 saturated heterocycles. The molecule has 29 heavy (non-hydrogen) atoms. The number of hydrogen-bond donors (Lipinski definition) is 1. The van der Waals surface area contributed by atoms with Crippen molar-refractivity contribution in [3.05, 3.63) is 47.4 Å². The maximum atomic E-state index is 13.5. The third kappa shape index (κ3) is 4.48. The molecule has 0 atom stereocenters. The van der Waals surface area contributed by atoms with Gasteiger partial charge in [0.05, 0.1) is 16.8 Å². The van der Waals surface area contributed by atoms with E-state index in [2.05, 4.69) is 10.1 Å². The molecule has 10 heteroatoms. The minimum atomic E-state index is -3.84.